The fraction of sp³-hybridized carbons (Fsp3) is 0.913. The Morgan fingerprint density at radius 1 is 1.11 bits per heavy atom. The molecule has 1 N–H and O–H groups in total. The number of hydrogen-bond donors (Lipinski definition) is 1. The monoisotopic (exact) mass is 402 g/mol. The average Bonchev–Trinajstić information content (AvgIpc) is 2.66. The molecule has 2 unspecified atom stereocenters. The van der Waals surface area contributed by atoms with Gasteiger partial charge in [-0.1, -0.05) is 57.9 Å². The predicted molar refractivity (Wildman–Crippen MR) is 116 cm³/mol. The van der Waals surface area contributed by atoms with Crippen molar-refractivity contribution in [3.8, 4) is 0 Å². The van der Waals surface area contributed by atoms with E-state index in [1.54, 1.807) is 27.0 Å². The number of rotatable bonds is 15. The van der Waals surface area contributed by atoms with E-state index in [9.17, 15) is 5.11 Å². The summed E-state index contributed by atoms with van der Waals surface area (Å²) >= 11 is 0. The zero-order valence-electron chi connectivity index (χ0n) is 18.9. The van der Waals surface area contributed by atoms with Gasteiger partial charge >= 0.3 is 0 Å². The largest absolute Gasteiger partial charge is 0.381 e. The van der Waals surface area contributed by atoms with Gasteiger partial charge in [0.1, 0.15) is 0 Å². The van der Waals surface area contributed by atoms with Crippen molar-refractivity contribution in [1.82, 2.24) is 0 Å². The molecule has 0 amide bonds. The molecule has 1 fully saturated rings. The molecule has 1 heterocycles. The molecule has 0 bridgehead atoms. The van der Waals surface area contributed by atoms with Crippen molar-refractivity contribution in [1.29, 1.82) is 0 Å². The van der Waals surface area contributed by atoms with Gasteiger partial charge < -0.3 is 24.1 Å². The minimum Gasteiger partial charge on any atom is -0.381 e. The fourth-order valence-corrected chi connectivity index (χ4v) is 3.01. The third-order valence-corrected chi connectivity index (χ3v) is 4.58. The second-order valence-electron chi connectivity index (χ2n) is 7.99. The van der Waals surface area contributed by atoms with Crippen molar-refractivity contribution in [2.45, 2.75) is 103 Å². The first-order valence-corrected chi connectivity index (χ1v) is 11.1. The van der Waals surface area contributed by atoms with E-state index in [1.165, 1.54) is 44.9 Å². The smallest absolute Gasteiger partial charge is 0.159 e. The second kappa shape index (κ2) is 18.6. The molecule has 0 radical (unpaired) electrons. The van der Waals surface area contributed by atoms with Crippen LogP contribution in [0.4, 0.5) is 0 Å². The Bertz CT molecular complexity index is 340. The maximum Gasteiger partial charge on any atom is 0.159 e. The Balaban J connectivity index is 0.00000129. The molecule has 2 atom stereocenters. The lowest BCUT2D eigenvalue weighted by molar-refractivity contribution is -0.204. The average molecular weight is 403 g/mol. The number of hydrogen-bond acceptors (Lipinski definition) is 5. The lowest BCUT2D eigenvalue weighted by Crippen LogP contribution is -2.37. The zero-order valence-corrected chi connectivity index (χ0v) is 18.9. The van der Waals surface area contributed by atoms with E-state index in [4.69, 9.17) is 14.2 Å². The minimum absolute atomic E-state index is 0.0405. The number of unbranched alkanes of at least 4 members (excludes halogenated alkanes) is 7. The molecule has 0 aromatic rings. The zero-order chi connectivity index (χ0) is 21.1. The summed E-state index contributed by atoms with van der Waals surface area (Å²) in [5, 5.41) is 9.60. The summed E-state index contributed by atoms with van der Waals surface area (Å²) in [4.78, 5) is 0. The maximum atomic E-state index is 9.60. The highest BCUT2D eigenvalue weighted by molar-refractivity contribution is 4.72. The first-order valence-electron chi connectivity index (χ1n) is 11.1. The molecule has 0 aromatic heterocycles. The van der Waals surface area contributed by atoms with Crippen LogP contribution in [0.1, 0.15) is 85.0 Å². The van der Waals surface area contributed by atoms with E-state index >= 15 is 0 Å². The Labute approximate surface area is 173 Å². The van der Waals surface area contributed by atoms with Crippen LogP contribution in [0.2, 0.25) is 0 Å². The Morgan fingerprint density at radius 2 is 1.75 bits per heavy atom. The van der Waals surface area contributed by atoms with Crippen LogP contribution < -0.4 is 0 Å². The number of ether oxygens (including phenoxy) is 4. The van der Waals surface area contributed by atoms with E-state index in [0.717, 1.165) is 32.5 Å². The molecular weight excluding hydrogens is 356 g/mol. The lowest BCUT2D eigenvalue weighted by atomic mass is 10.1. The Morgan fingerprint density at radius 3 is 2.29 bits per heavy atom. The van der Waals surface area contributed by atoms with Crippen LogP contribution in [0.5, 0.6) is 0 Å². The van der Waals surface area contributed by atoms with E-state index < -0.39 is 5.79 Å². The third-order valence-electron chi connectivity index (χ3n) is 4.58. The molecule has 0 saturated carbocycles. The molecule has 1 aliphatic heterocycles. The molecule has 1 rings (SSSR count). The number of aliphatic hydroxyl groups is 1. The highest BCUT2D eigenvalue weighted by Crippen LogP contribution is 2.19. The molecule has 0 spiro atoms. The van der Waals surface area contributed by atoms with Crippen LogP contribution in [0.3, 0.4) is 0 Å². The van der Waals surface area contributed by atoms with Crippen molar-refractivity contribution in [2.75, 3.05) is 33.5 Å². The summed E-state index contributed by atoms with van der Waals surface area (Å²) < 4.78 is 21.6. The molecule has 0 aliphatic carbocycles. The molecule has 5 nitrogen and oxygen atoms in total. The highest BCUT2D eigenvalue weighted by Gasteiger charge is 2.25. The topological polar surface area (TPSA) is 57.2 Å². The van der Waals surface area contributed by atoms with Crippen LogP contribution in [0, 0.1) is 0 Å². The summed E-state index contributed by atoms with van der Waals surface area (Å²) in [6.45, 7) is 11.6. The standard InChI is InChI=1S/C19H38O4.C4H8O/c1-4-5-6-7-8-9-10-11-13-21-17-12-14-22-18(15-17)16-23-19(2,3)20;1-3-4-5-2/h17-18,20H,4-16H2,1-3H3;3H,1,4H2,2H3. The highest BCUT2D eigenvalue weighted by atomic mass is 16.6. The molecule has 5 heteroatoms. The van der Waals surface area contributed by atoms with E-state index in [2.05, 4.69) is 18.2 Å². The van der Waals surface area contributed by atoms with Gasteiger partial charge in [-0.25, -0.2) is 0 Å². The van der Waals surface area contributed by atoms with Crippen LogP contribution in [0.25, 0.3) is 0 Å². The van der Waals surface area contributed by atoms with Crippen LogP contribution >= 0.6 is 0 Å². The SMILES string of the molecule is C=CCOC.CCCCCCCCCCOC1CCOC(COC(C)(C)O)C1. The summed E-state index contributed by atoms with van der Waals surface area (Å²) in [5.41, 5.74) is 0. The van der Waals surface area contributed by atoms with Gasteiger partial charge in [-0.3, -0.25) is 0 Å². The first-order chi connectivity index (χ1) is 13.4. The van der Waals surface area contributed by atoms with Gasteiger partial charge in [0, 0.05) is 26.7 Å². The molecule has 168 valence electrons. The number of methoxy groups -OCH3 is 1. The second-order valence-corrected chi connectivity index (χ2v) is 7.99. The Hall–Kier alpha value is -0.460. The van der Waals surface area contributed by atoms with Crippen molar-refractivity contribution in [3.05, 3.63) is 12.7 Å². The van der Waals surface area contributed by atoms with Crippen LogP contribution in [-0.2, 0) is 18.9 Å². The third kappa shape index (κ3) is 18.9. The van der Waals surface area contributed by atoms with E-state index in [0.29, 0.717) is 13.2 Å². The summed E-state index contributed by atoms with van der Waals surface area (Å²) in [6, 6.07) is 0. The normalized spacial score (nSPS) is 19.8. The van der Waals surface area contributed by atoms with Gasteiger partial charge in [-0.2, -0.15) is 0 Å². The van der Waals surface area contributed by atoms with Crippen LogP contribution in [-0.4, -0.2) is 56.6 Å². The first kappa shape index (κ1) is 27.5. The quantitative estimate of drug-likeness (QED) is 0.230. The van der Waals surface area contributed by atoms with Crippen molar-refractivity contribution >= 4 is 0 Å². The summed E-state index contributed by atoms with van der Waals surface area (Å²) in [7, 11) is 1.64. The van der Waals surface area contributed by atoms with Crippen molar-refractivity contribution in [2.24, 2.45) is 0 Å². The van der Waals surface area contributed by atoms with E-state index in [1.807, 2.05) is 0 Å². The van der Waals surface area contributed by atoms with Crippen molar-refractivity contribution in [3.63, 3.8) is 0 Å². The molecule has 1 aliphatic rings. The summed E-state index contributed by atoms with van der Waals surface area (Å²) in [6.07, 6.45) is 14.5. The molecule has 1 saturated heterocycles. The minimum atomic E-state index is -1.09. The summed E-state index contributed by atoms with van der Waals surface area (Å²) in [5.74, 6) is -1.09. The predicted octanol–water partition coefficient (Wildman–Crippen LogP) is 5.26. The van der Waals surface area contributed by atoms with Gasteiger partial charge in [0.05, 0.1) is 25.4 Å². The van der Waals surface area contributed by atoms with Gasteiger partial charge in [0.2, 0.25) is 0 Å². The van der Waals surface area contributed by atoms with Crippen molar-refractivity contribution < 1.29 is 24.1 Å². The molecule has 0 aromatic carbocycles. The maximum absolute atomic E-state index is 9.60. The molecule has 28 heavy (non-hydrogen) atoms. The lowest BCUT2D eigenvalue weighted by Gasteiger charge is -2.31. The van der Waals surface area contributed by atoms with Crippen LogP contribution in [0.15, 0.2) is 12.7 Å². The Kier molecular flexibility index (Phi) is 18.3. The van der Waals surface area contributed by atoms with Gasteiger partial charge in [0.15, 0.2) is 5.79 Å². The van der Waals surface area contributed by atoms with Gasteiger partial charge in [0.25, 0.3) is 0 Å². The van der Waals surface area contributed by atoms with Gasteiger partial charge in [-0.15, -0.1) is 6.58 Å². The molecular formula is C23H46O5. The van der Waals surface area contributed by atoms with Gasteiger partial charge in [-0.05, 0) is 26.7 Å². The fourth-order valence-electron chi connectivity index (χ4n) is 3.01. The van der Waals surface area contributed by atoms with E-state index in [-0.39, 0.29) is 12.2 Å².